The summed E-state index contributed by atoms with van der Waals surface area (Å²) in [4.78, 5) is 0. The molecule has 0 saturated carbocycles. The monoisotopic (exact) mass is 256 g/mol. The Morgan fingerprint density at radius 1 is 1.36 bits per heavy atom. The molecule has 0 fully saturated rings. The molecule has 0 aliphatic rings. The number of methoxy groups -OCH3 is 1. The lowest BCUT2D eigenvalue weighted by Gasteiger charge is -2.07. The third-order valence-electron chi connectivity index (χ3n) is 1.70. The summed E-state index contributed by atoms with van der Waals surface area (Å²) in [6.07, 6.45) is 1.72. The Hall–Kier alpha value is -0.960. The van der Waals surface area contributed by atoms with Crippen LogP contribution in [-0.4, -0.2) is 13.7 Å². The van der Waals surface area contributed by atoms with Crippen LogP contribution in [-0.2, 0) is 5.33 Å². The minimum Gasteiger partial charge on any atom is -0.497 e. The summed E-state index contributed by atoms with van der Waals surface area (Å²) in [5, 5.41) is 0.786. The maximum atomic E-state index is 5.42. The summed E-state index contributed by atoms with van der Waals surface area (Å²) in [6.45, 7) is 4.10. The third kappa shape index (κ3) is 3.07. The minimum absolute atomic E-state index is 0.509. The zero-order valence-electron chi connectivity index (χ0n) is 8.13. The number of halogens is 1. The second-order valence-electron chi connectivity index (χ2n) is 2.75. The van der Waals surface area contributed by atoms with Gasteiger partial charge in [0.2, 0.25) is 0 Å². The van der Waals surface area contributed by atoms with Gasteiger partial charge in [-0.2, -0.15) is 0 Å². The van der Waals surface area contributed by atoms with E-state index in [1.807, 2.05) is 18.2 Å². The number of hydrogen-bond acceptors (Lipinski definition) is 2. The lowest BCUT2D eigenvalue weighted by atomic mass is 10.2. The van der Waals surface area contributed by atoms with Gasteiger partial charge in [-0.3, -0.25) is 0 Å². The van der Waals surface area contributed by atoms with E-state index in [2.05, 4.69) is 22.5 Å². The van der Waals surface area contributed by atoms with Crippen molar-refractivity contribution in [3.8, 4) is 11.5 Å². The van der Waals surface area contributed by atoms with Gasteiger partial charge in [-0.15, -0.1) is 0 Å². The quantitative estimate of drug-likeness (QED) is 0.596. The summed E-state index contributed by atoms with van der Waals surface area (Å²) in [6, 6.07) is 5.80. The first kappa shape index (κ1) is 11.1. The maximum absolute atomic E-state index is 5.42. The predicted octanol–water partition coefficient (Wildman–Crippen LogP) is 3.15. The van der Waals surface area contributed by atoms with Crippen molar-refractivity contribution in [1.29, 1.82) is 0 Å². The van der Waals surface area contributed by atoms with Gasteiger partial charge < -0.3 is 9.47 Å². The third-order valence-corrected chi connectivity index (χ3v) is 2.35. The van der Waals surface area contributed by atoms with Crippen molar-refractivity contribution in [2.45, 2.75) is 5.33 Å². The van der Waals surface area contributed by atoms with Crippen LogP contribution in [0.3, 0.4) is 0 Å². The molecular formula is C11H13BrO2. The van der Waals surface area contributed by atoms with Crippen LogP contribution in [0, 0.1) is 0 Å². The van der Waals surface area contributed by atoms with E-state index in [9.17, 15) is 0 Å². The fourth-order valence-corrected chi connectivity index (χ4v) is 1.39. The topological polar surface area (TPSA) is 18.5 Å². The molecule has 1 rings (SSSR count). The Morgan fingerprint density at radius 3 is 2.64 bits per heavy atom. The normalized spacial score (nSPS) is 9.57. The largest absolute Gasteiger partial charge is 0.497 e. The predicted molar refractivity (Wildman–Crippen MR) is 61.3 cm³/mol. The average molecular weight is 257 g/mol. The van der Waals surface area contributed by atoms with Gasteiger partial charge in [0, 0.05) is 11.4 Å². The molecule has 1 aromatic carbocycles. The minimum atomic E-state index is 0.509. The van der Waals surface area contributed by atoms with Crippen LogP contribution in [0.4, 0.5) is 0 Å². The number of benzene rings is 1. The molecule has 1 aromatic rings. The van der Waals surface area contributed by atoms with Gasteiger partial charge in [0.05, 0.1) is 7.11 Å². The molecule has 14 heavy (non-hydrogen) atoms. The van der Waals surface area contributed by atoms with Gasteiger partial charge >= 0.3 is 0 Å². The molecule has 0 heterocycles. The molecule has 0 radical (unpaired) electrons. The van der Waals surface area contributed by atoms with Gasteiger partial charge in [0.1, 0.15) is 18.1 Å². The van der Waals surface area contributed by atoms with Gasteiger partial charge in [-0.25, -0.2) is 0 Å². The summed E-state index contributed by atoms with van der Waals surface area (Å²) in [7, 11) is 1.64. The summed E-state index contributed by atoms with van der Waals surface area (Å²) >= 11 is 3.39. The second kappa shape index (κ2) is 5.70. The van der Waals surface area contributed by atoms with Gasteiger partial charge in [0.15, 0.2) is 0 Å². The van der Waals surface area contributed by atoms with Crippen molar-refractivity contribution < 1.29 is 9.47 Å². The Bertz CT molecular complexity index is 288. The highest BCUT2D eigenvalue weighted by atomic mass is 79.9. The standard InChI is InChI=1S/C11H13BrO2/c1-3-4-14-11-6-9(8-12)5-10(7-11)13-2/h3,5-7H,1,4,8H2,2H3. The fourth-order valence-electron chi connectivity index (χ4n) is 1.06. The molecule has 76 valence electrons. The molecule has 3 heteroatoms. The zero-order valence-corrected chi connectivity index (χ0v) is 9.71. The van der Waals surface area contributed by atoms with E-state index in [4.69, 9.17) is 9.47 Å². The Morgan fingerprint density at radius 2 is 2.07 bits per heavy atom. The number of ether oxygens (including phenoxy) is 2. The van der Waals surface area contributed by atoms with Crippen molar-refractivity contribution >= 4 is 15.9 Å². The number of hydrogen-bond donors (Lipinski definition) is 0. The van der Waals surface area contributed by atoms with Gasteiger partial charge in [0.25, 0.3) is 0 Å². The Kier molecular flexibility index (Phi) is 4.53. The van der Waals surface area contributed by atoms with Crippen molar-refractivity contribution in [2.24, 2.45) is 0 Å². The summed E-state index contributed by atoms with van der Waals surface area (Å²) in [5.41, 5.74) is 1.13. The lowest BCUT2D eigenvalue weighted by Crippen LogP contribution is -1.94. The Balaban J connectivity index is 2.86. The van der Waals surface area contributed by atoms with Gasteiger partial charge in [-0.1, -0.05) is 28.6 Å². The average Bonchev–Trinajstić information content (AvgIpc) is 2.25. The highest BCUT2D eigenvalue weighted by Crippen LogP contribution is 2.24. The molecule has 0 aliphatic carbocycles. The molecule has 0 aliphatic heterocycles. The van der Waals surface area contributed by atoms with Crippen molar-refractivity contribution in [3.05, 3.63) is 36.4 Å². The van der Waals surface area contributed by atoms with Crippen molar-refractivity contribution in [2.75, 3.05) is 13.7 Å². The summed E-state index contributed by atoms with van der Waals surface area (Å²) in [5.74, 6) is 1.61. The second-order valence-corrected chi connectivity index (χ2v) is 3.31. The first-order valence-electron chi connectivity index (χ1n) is 4.27. The van der Waals surface area contributed by atoms with E-state index >= 15 is 0 Å². The maximum Gasteiger partial charge on any atom is 0.123 e. The van der Waals surface area contributed by atoms with Crippen LogP contribution in [0.25, 0.3) is 0 Å². The SMILES string of the molecule is C=CCOc1cc(CBr)cc(OC)c1. The highest BCUT2D eigenvalue weighted by molar-refractivity contribution is 9.08. The van der Waals surface area contributed by atoms with Gasteiger partial charge in [-0.05, 0) is 17.7 Å². The molecule has 2 nitrogen and oxygen atoms in total. The molecular weight excluding hydrogens is 244 g/mol. The molecule has 0 unspecified atom stereocenters. The van der Waals surface area contributed by atoms with E-state index in [1.165, 1.54) is 0 Å². The molecule has 0 amide bonds. The van der Waals surface area contributed by atoms with Crippen LogP contribution in [0.2, 0.25) is 0 Å². The highest BCUT2D eigenvalue weighted by Gasteiger charge is 2.00. The first-order chi connectivity index (χ1) is 6.80. The van der Waals surface area contributed by atoms with E-state index in [1.54, 1.807) is 13.2 Å². The molecule has 0 aromatic heterocycles. The van der Waals surface area contributed by atoms with E-state index in [0.717, 1.165) is 22.4 Å². The molecule has 0 atom stereocenters. The van der Waals surface area contributed by atoms with Crippen LogP contribution in [0.5, 0.6) is 11.5 Å². The molecule has 0 spiro atoms. The number of rotatable bonds is 5. The van der Waals surface area contributed by atoms with E-state index < -0.39 is 0 Å². The summed E-state index contributed by atoms with van der Waals surface area (Å²) < 4.78 is 10.6. The first-order valence-corrected chi connectivity index (χ1v) is 5.40. The smallest absolute Gasteiger partial charge is 0.123 e. The lowest BCUT2D eigenvalue weighted by molar-refractivity contribution is 0.356. The molecule has 0 bridgehead atoms. The van der Waals surface area contributed by atoms with Crippen LogP contribution in [0.1, 0.15) is 5.56 Å². The van der Waals surface area contributed by atoms with Crippen molar-refractivity contribution in [1.82, 2.24) is 0 Å². The molecule has 0 N–H and O–H groups in total. The van der Waals surface area contributed by atoms with Crippen LogP contribution in [0.15, 0.2) is 30.9 Å². The van der Waals surface area contributed by atoms with Crippen molar-refractivity contribution in [3.63, 3.8) is 0 Å². The fraction of sp³-hybridized carbons (Fsp3) is 0.273. The number of alkyl halides is 1. The zero-order chi connectivity index (χ0) is 10.4. The van der Waals surface area contributed by atoms with E-state index in [0.29, 0.717) is 6.61 Å². The van der Waals surface area contributed by atoms with Crippen LogP contribution >= 0.6 is 15.9 Å². The Labute approximate surface area is 92.7 Å². The van der Waals surface area contributed by atoms with E-state index in [-0.39, 0.29) is 0 Å². The molecule has 0 saturated heterocycles. The van der Waals surface area contributed by atoms with Crippen LogP contribution < -0.4 is 9.47 Å².